The molecule has 11 heavy (non-hydrogen) atoms. The minimum absolute atomic E-state index is 0.638. The molecule has 5 heteroatoms. The standard InChI is InChI=1S/C6H15N3OS/c1-10-4-3-8-6(9-7)5-11-2/h3-5,7H2,1-2H3,(H,8,9). The first kappa shape index (κ1) is 10.7. The van der Waals surface area contributed by atoms with Crippen molar-refractivity contribution in [1.82, 2.24) is 5.43 Å². The lowest BCUT2D eigenvalue weighted by atomic mass is 10.6. The highest BCUT2D eigenvalue weighted by Gasteiger charge is 1.92. The average molecular weight is 177 g/mol. The Morgan fingerprint density at radius 2 is 2.45 bits per heavy atom. The minimum Gasteiger partial charge on any atom is -0.383 e. The lowest BCUT2D eigenvalue weighted by molar-refractivity contribution is 0.208. The molecule has 0 unspecified atom stereocenters. The first-order valence-corrected chi connectivity index (χ1v) is 4.72. The minimum atomic E-state index is 0.638. The summed E-state index contributed by atoms with van der Waals surface area (Å²) >= 11 is 1.68. The van der Waals surface area contributed by atoms with Gasteiger partial charge in [0.05, 0.1) is 18.9 Å². The fraction of sp³-hybridized carbons (Fsp3) is 0.833. The van der Waals surface area contributed by atoms with Crippen molar-refractivity contribution in [1.29, 1.82) is 0 Å². The smallest absolute Gasteiger partial charge is 0.120 e. The second kappa shape index (κ2) is 7.84. The number of hydrazine groups is 1. The van der Waals surface area contributed by atoms with Gasteiger partial charge in [-0.25, -0.2) is 5.84 Å². The summed E-state index contributed by atoms with van der Waals surface area (Å²) in [6, 6.07) is 0. The molecule has 0 fully saturated rings. The van der Waals surface area contributed by atoms with E-state index in [-0.39, 0.29) is 0 Å². The van der Waals surface area contributed by atoms with Gasteiger partial charge in [0.1, 0.15) is 5.84 Å². The molecular weight excluding hydrogens is 162 g/mol. The Labute approximate surface area is 71.6 Å². The molecule has 0 atom stereocenters. The highest BCUT2D eigenvalue weighted by atomic mass is 32.2. The van der Waals surface area contributed by atoms with Gasteiger partial charge >= 0.3 is 0 Å². The molecule has 0 aliphatic heterocycles. The van der Waals surface area contributed by atoms with E-state index in [1.807, 2.05) is 6.26 Å². The summed E-state index contributed by atoms with van der Waals surface area (Å²) in [7, 11) is 1.65. The third kappa shape index (κ3) is 6.15. The first-order valence-electron chi connectivity index (χ1n) is 3.33. The fourth-order valence-electron chi connectivity index (χ4n) is 0.542. The third-order valence-corrected chi connectivity index (χ3v) is 1.61. The molecule has 3 N–H and O–H groups in total. The number of amidine groups is 1. The Bertz CT molecular complexity index is 118. The number of rotatable bonds is 5. The van der Waals surface area contributed by atoms with Crippen molar-refractivity contribution < 1.29 is 4.74 Å². The molecule has 0 rings (SSSR count). The molecule has 0 radical (unpaired) electrons. The third-order valence-electron chi connectivity index (χ3n) is 1.05. The van der Waals surface area contributed by atoms with E-state index in [2.05, 4.69) is 10.4 Å². The normalized spacial score (nSPS) is 11.7. The molecule has 0 bridgehead atoms. The van der Waals surface area contributed by atoms with Crippen LogP contribution in [0.1, 0.15) is 0 Å². The quantitative estimate of drug-likeness (QED) is 0.202. The summed E-state index contributed by atoms with van der Waals surface area (Å²) in [6.45, 7) is 1.30. The van der Waals surface area contributed by atoms with Crippen molar-refractivity contribution in [2.24, 2.45) is 10.8 Å². The van der Waals surface area contributed by atoms with Gasteiger partial charge in [-0.2, -0.15) is 11.8 Å². The number of methoxy groups -OCH3 is 1. The molecule has 0 amide bonds. The molecular formula is C6H15N3OS. The van der Waals surface area contributed by atoms with Crippen LogP contribution in [-0.2, 0) is 4.74 Å². The molecule has 0 aromatic rings. The Hall–Kier alpha value is -0.260. The highest BCUT2D eigenvalue weighted by molar-refractivity contribution is 7.99. The summed E-state index contributed by atoms with van der Waals surface area (Å²) in [6.07, 6.45) is 2.00. The van der Waals surface area contributed by atoms with Gasteiger partial charge in [0.25, 0.3) is 0 Å². The van der Waals surface area contributed by atoms with Gasteiger partial charge in [0, 0.05) is 7.11 Å². The largest absolute Gasteiger partial charge is 0.383 e. The molecule has 0 saturated heterocycles. The van der Waals surface area contributed by atoms with E-state index >= 15 is 0 Å². The molecule has 0 spiro atoms. The van der Waals surface area contributed by atoms with Crippen molar-refractivity contribution >= 4 is 17.6 Å². The lowest BCUT2D eigenvalue weighted by Gasteiger charge is -2.02. The van der Waals surface area contributed by atoms with E-state index in [0.717, 1.165) is 11.6 Å². The Morgan fingerprint density at radius 3 is 2.91 bits per heavy atom. The number of nitrogens with two attached hydrogens (primary N) is 1. The number of thioether (sulfide) groups is 1. The molecule has 0 aromatic carbocycles. The predicted molar refractivity (Wildman–Crippen MR) is 49.9 cm³/mol. The zero-order chi connectivity index (χ0) is 8.53. The number of ether oxygens (including phenoxy) is 1. The molecule has 0 saturated carbocycles. The van der Waals surface area contributed by atoms with Crippen LogP contribution in [0, 0.1) is 0 Å². The SMILES string of the molecule is COCCN=C(CSC)NN. The van der Waals surface area contributed by atoms with Crippen molar-refractivity contribution in [3.63, 3.8) is 0 Å². The molecule has 0 aliphatic carbocycles. The topological polar surface area (TPSA) is 59.6 Å². The number of hydrogen-bond acceptors (Lipinski definition) is 4. The van der Waals surface area contributed by atoms with Crippen LogP contribution in [0.4, 0.5) is 0 Å². The van der Waals surface area contributed by atoms with E-state index in [0.29, 0.717) is 13.2 Å². The van der Waals surface area contributed by atoms with Crippen LogP contribution in [0.15, 0.2) is 4.99 Å². The predicted octanol–water partition coefficient (Wildman–Crippen LogP) is -0.142. The zero-order valence-electron chi connectivity index (χ0n) is 6.96. The van der Waals surface area contributed by atoms with Crippen LogP contribution in [0.25, 0.3) is 0 Å². The van der Waals surface area contributed by atoms with Crippen molar-refractivity contribution in [2.45, 2.75) is 0 Å². The van der Waals surface area contributed by atoms with E-state index in [1.54, 1.807) is 18.9 Å². The molecule has 0 aromatic heterocycles. The van der Waals surface area contributed by atoms with E-state index < -0.39 is 0 Å². The van der Waals surface area contributed by atoms with Crippen LogP contribution in [0.5, 0.6) is 0 Å². The van der Waals surface area contributed by atoms with Crippen molar-refractivity contribution in [3.05, 3.63) is 0 Å². The Balaban J connectivity index is 3.52. The number of nitrogens with zero attached hydrogens (tertiary/aromatic N) is 1. The van der Waals surface area contributed by atoms with E-state index in [4.69, 9.17) is 10.6 Å². The fourth-order valence-corrected chi connectivity index (χ4v) is 0.990. The molecule has 0 heterocycles. The average Bonchev–Trinajstić information content (AvgIpc) is 2.03. The first-order chi connectivity index (χ1) is 5.35. The summed E-state index contributed by atoms with van der Waals surface area (Å²) < 4.78 is 4.83. The Kier molecular flexibility index (Phi) is 7.66. The molecule has 4 nitrogen and oxygen atoms in total. The van der Waals surface area contributed by atoms with Gasteiger partial charge in [-0.15, -0.1) is 0 Å². The Morgan fingerprint density at radius 1 is 1.73 bits per heavy atom. The second-order valence-electron chi connectivity index (χ2n) is 1.90. The summed E-state index contributed by atoms with van der Waals surface area (Å²) in [5.74, 6) is 6.84. The maximum absolute atomic E-state index is 5.21. The van der Waals surface area contributed by atoms with Crippen LogP contribution in [0.2, 0.25) is 0 Å². The van der Waals surface area contributed by atoms with Crippen LogP contribution in [-0.4, -0.2) is 38.1 Å². The van der Waals surface area contributed by atoms with Gasteiger partial charge in [0.2, 0.25) is 0 Å². The summed E-state index contributed by atoms with van der Waals surface area (Å²) in [4.78, 5) is 4.16. The lowest BCUT2D eigenvalue weighted by Crippen LogP contribution is -2.32. The number of aliphatic imine (C=N–C) groups is 1. The maximum Gasteiger partial charge on any atom is 0.120 e. The van der Waals surface area contributed by atoms with Gasteiger partial charge in [-0.3, -0.25) is 4.99 Å². The van der Waals surface area contributed by atoms with Gasteiger partial charge in [0.15, 0.2) is 0 Å². The zero-order valence-corrected chi connectivity index (χ0v) is 7.78. The van der Waals surface area contributed by atoms with Gasteiger partial charge in [-0.05, 0) is 6.26 Å². The highest BCUT2D eigenvalue weighted by Crippen LogP contribution is 1.90. The second-order valence-corrected chi connectivity index (χ2v) is 2.76. The van der Waals surface area contributed by atoms with Crippen molar-refractivity contribution in [2.75, 3.05) is 32.3 Å². The maximum atomic E-state index is 5.21. The van der Waals surface area contributed by atoms with Crippen molar-refractivity contribution in [3.8, 4) is 0 Å². The molecule has 66 valence electrons. The monoisotopic (exact) mass is 177 g/mol. The van der Waals surface area contributed by atoms with Gasteiger partial charge < -0.3 is 10.2 Å². The van der Waals surface area contributed by atoms with E-state index in [1.165, 1.54) is 0 Å². The van der Waals surface area contributed by atoms with E-state index in [9.17, 15) is 0 Å². The van der Waals surface area contributed by atoms with Crippen LogP contribution < -0.4 is 11.3 Å². The number of nitrogens with one attached hydrogen (secondary N) is 1. The summed E-state index contributed by atoms with van der Waals surface area (Å²) in [5, 5.41) is 0. The van der Waals surface area contributed by atoms with Crippen LogP contribution in [0.3, 0.4) is 0 Å². The number of hydrogen-bond donors (Lipinski definition) is 2. The molecule has 0 aliphatic rings. The van der Waals surface area contributed by atoms with Gasteiger partial charge in [-0.1, -0.05) is 0 Å². The summed E-state index contributed by atoms with van der Waals surface area (Å²) in [5.41, 5.74) is 2.54. The van der Waals surface area contributed by atoms with Crippen LogP contribution >= 0.6 is 11.8 Å².